The van der Waals surface area contributed by atoms with Crippen molar-refractivity contribution in [3.05, 3.63) is 29.6 Å². The maximum atomic E-state index is 13.7. The van der Waals surface area contributed by atoms with E-state index in [1.807, 2.05) is 0 Å². The Hall–Kier alpha value is -2.11. The molecule has 2 N–H and O–H groups in total. The number of carbonyl (C=O) groups excluding carboxylic acids is 2. The number of halogens is 1. The average Bonchev–Trinajstić information content (AvgIpc) is 2.86. The molecule has 102 valence electrons. The van der Waals surface area contributed by atoms with Gasteiger partial charge < -0.3 is 15.4 Å². The number of methoxy groups -OCH3 is 1. The number of hydrogen-bond acceptors (Lipinski definition) is 4. The number of esters is 1. The molecule has 1 aliphatic rings. The van der Waals surface area contributed by atoms with Crippen molar-refractivity contribution in [1.29, 1.82) is 0 Å². The van der Waals surface area contributed by atoms with Gasteiger partial charge in [-0.1, -0.05) is 0 Å². The summed E-state index contributed by atoms with van der Waals surface area (Å²) in [6.45, 7) is 0.419. The number of rotatable bonds is 2. The standard InChI is InChI=1S/C13H15FN2O3/c1-19-13(18)11-3-2-6-16(11)12(17)9-5-4-8(15)7-10(9)14/h4-5,7,11H,2-3,6,15H2,1H3. The number of likely N-dealkylation sites (tertiary alicyclic amines) is 1. The number of nitrogen functional groups attached to an aromatic ring is 1. The van der Waals surface area contributed by atoms with E-state index in [0.717, 1.165) is 6.07 Å². The van der Waals surface area contributed by atoms with Gasteiger partial charge in [0.05, 0.1) is 12.7 Å². The first-order valence-electron chi connectivity index (χ1n) is 5.98. The van der Waals surface area contributed by atoms with Gasteiger partial charge in [-0.3, -0.25) is 4.79 Å². The first kappa shape index (κ1) is 13.3. The molecule has 1 aromatic rings. The van der Waals surface area contributed by atoms with Crippen molar-refractivity contribution in [1.82, 2.24) is 4.90 Å². The minimum Gasteiger partial charge on any atom is -0.467 e. The molecule has 1 unspecified atom stereocenters. The molecule has 0 radical (unpaired) electrons. The highest BCUT2D eigenvalue weighted by atomic mass is 19.1. The number of ether oxygens (including phenoxy) is 1. The monoisotopic (exact) mass is 266 g/mol. The summed E-state index contributed by atoms with van der Waals surface area (Å²) in [4.78, 5) is 25.2. The van der Waals surface area contributed by atoms with Crippen LogP contribution < -0.4 is 5.73 Å². The van der Waals surface area contributed by atoms with Gasteiger partial charge in [0.15, 0.2) is 0 Å². The van der Waals surface area contributed by atoms with Gasteiger partial charge in [-0.15, -0.1) is 0 Å². The maximum Gasteiger partial charge on any atom is 0.328 e. The third-order valence-electron chi connectivity index (χ3n) is 3.21. The summed E-state index contributed by atoms with van der Waals surface area (Å²) in [7, 11) is 1.27. The van der Waals surface area contributed by atoms with Crippen molar-refractivity contribution < 1.29 is 18.7 Å². The van der Waals surface area contributed by atoms with Crippen LogP contribution in [-0.2, 0) is 9.53 Å². The lowest BCUT2D eigenvalue weighted by Gasteiger charge is -2.22. The first-order chi connectivity index (χ1) is 9.04. The molecule has 1 amide bonds. The highest BCUT2D eigenvalue weighted by molar-refractivity contribution is 5.97. The second-order valence-electron chi connectivity index (χ2n) is 4.42. The van der Waals surface area contributed by atoms with Crippen molar-refractivity contribution in [3.8, 4) is 0 Å². The molecule has 1 aromatic carbocycles. The minimum atomic E-state index is -0.680. The molecule has 2 rings (SSSR count). The summed E-state index contributed by atoms with van der Waals surface area (Å²) < 4.78 is 18.4. The van der Waals surface area contributed by atoms with Crippen LogP contribution in [0.5, 0.6) is 0 Å². The summed E-state index contributed by atoms with van der Waals surface area (Å²) in [6.07, 6.45) is 1.23. The zero-order valence-corrected chi connectivity index (χ0v) is 10.6. The van der Waals surface area contributed by atoms with Crippen molar-refractivity contribution in [2.75, 3.05) is 19.4 Å². The van der Waals surface area contributed by atoms with Crippen LogP contribution in [0.2, 0.25) is 0 Å². The molecule has 1 aliphatic heterocycles. The van der Waals surface area contributed by atoms with Crippen LogP contribution in [0.15, 0.2) is 18.2 Å². The molecule has 1 saturated heterocycles. The molecule has 6 heteroatoms. The molecular formula is C13H15FN2O3. The second kappa shape index (κ2) is 5.26. The van der Waals surface area contributed by atoms with Crippen LogP contribution in [0.4, 0.5) is 10.1 Å². The van der Waals surface area contributed by atoms with Gasteiger partial charge in [0.1, 0.15) is 11.9 Å². The largest absolute Gasteiger partial charge is 0.467 e. The number of anilines is 1. The normalized spacial score (nSPS) is 18.4. The van der Waals surface area contributed by atoms with Gasteiger partial charge in [0.2, 0.25) is 0 Å². The topological polar surface area (TPSA) is 72.6 Å². The average molecular weight is 266 g/mol. The molecule has 0 bridgehead atoms. The molecule has 1 fully saturated rings. The van der Waals surface area contributed by atoms with E-state index in [9.17, 15) is 14.0 Å². The van der Waals surface area contributed by atoms with E-state index in [2.05, 4.69) is 4.74 Å². The van der Waals surface area contributed by atoms with Crippen LogP contribution in [0.25, 0.3) is 0 Å². The van der Waals surface area contributed by atoms with Gasteiger partial charge in [-0.25, -0.2) is 9.18 Å². The Balaban J connectivity index is 2.25. The Kier molecular flexibility index (Phi) is 3.69. The van der Waals surface area contributed by atoms with Crippen molar-refractivity contribution in [3.63, 3.8) is 0 Å². The van der Waals surface area contributed by atoms with Crippen LogP contribution >= 0.6 is 0 Å². The van der Waals surface area contributed by atoms with E-state index < -0.39 is 23.7 Å². The van der Waals surface area contributed by atoms with Crippen LogP contribution in [0, 0.1) is 5.82 Å². The molecule has 1 atom stereocenters. The van der Waals surface area contributed by atoms with Gasteiger partial charge in [0.25, 0.3) is 5.91 Å². The molecule has 0 aliphatic carbocycles. The summed E-state index contributed by atoms with van der Waals surface area (Å²) >= 11 is 0. The number of benzene rings is 1. The lowest BCUT2D eigenvalue weighted by Crippen LogP contribution is -2.41. The predicted molar refractivity (Wildman–Crippen MR) is 66.9 cm³/mol. The number of carbonyl (C=O) groups is 2. The van der Waals surface area contributed by atoms with Gasteiger partial charge >= 0.3 is 5.97 Å². The molecule has 0 aromatic heterocycles. The molecule has 19 heavy (non-hydrogen) atoms. The quantitative estimate of drug-likeness (QED) is 0.644. The Morgan fingerprint density at radius 1 is 1.47 bits per heavy atom. The zero-order valence-electron chi connectivity index (χ0n) is 10.6. The fraction of sp³-hybridized carbons (Fsp3) is 0.385. The molecular weight excluding hydrogens is 251 g/mol. The smallest absolute Gasteiger partial charge is 0.328 e. The molecule has 5 nitrogen and oxygen atoms in total. The van der Waals surface area contributed by atoms with E-state index in [0.29, 0.717) is 19.4 Å². The van der Waals surface area contributed by atoms with E-state index in [-0.39, 0.29) is 11.3 Å². The third-order valence-corrected chi connectivity index (χ3v) is 3.21. The Morgan fingerprint density at radius 3 is 2.84 bits per heavy atom. The summed E-state index contributed by atoms with van der Waals surface area (Å²) in [5.74, 6) is -1.66. The van der Waals surface area contributed by atoms with Crippen LogP contribution in [0.3, 0.4) is 0 Å². The fourth-order valence-electron chi connectivity index (χ4n) is 2.25. The Bertz CT molecular complexity index is 519. The summed E-state index contributed by atoms with van der Waals surface area (Å²) in [5.41, 5.74) is 5.61. The molecule has 0 saturated carbocycles. The van der Waals surface area contributed by atoms with Crippen molar-refractivity contribution in [2.24, 2.45) is 0 Å². The van der Waals surface area contributed by atoms with Crippen molar-refractivity contribution in [2.45, 2.75) is 18.9 Å². The summed E-state index contributed by atoms with van der Waals surface area (Å²) in [6, 6.07) is 3.25. The van der Waals surface area contributed by atoms with Crippen LogP contribution in [0.1, 0.15) is 23.2 Å². The van der Waals surface area contributed by atoms with Crippen molar-refractivity contribution >= 4 is 17.6 Å². The van der Waals surface area contributed by atoms with Gasteiger partial charge in [-0.05, 0) is 31.0 Å². The van der Waals surface area contributed by atoms with Gasteiger partial charge in [0, 0.05) is 12.2 Å². The maximum absolute atomic E-state index is 13.7. The minimum absolute atomic E-state index is 0.0787. The fourth-order valence-corrected chi connectivity index (χ4v) is 2.25. The number of nitrogens with zero attached hydrogens (tertiary/aromatic N) is 1. The molecule has 0 spiro atoms. The van der Waals surface area contributed by atoms with E-state index in [1.54, 1.807) is 0 Å². The number of nitrogens with two attached hydrogens (primary N) is 1. The number of amides is 1. The molecule has 1 heterocycles. The summed E-state index contributed by atoms with van der Waals surface area (Å²) in [5, 5.41) is 0. The highest BCUT2D eigenvalue weighted by Crippen LogP contribution is 2.23. The highest BCUT2D eigenvalue weighted by Gasteiger charge is 2.36. The first-order valence-corrected chi connectivity index (χ1v) is 5.98. The van der Waals surface area contributed by atoms with E-state index >= 15 is 0 Å². The third kappa shape index (κ3) is 2.52. The zero-order chi connectivity index (χ0) is 14.0. The Labute approximate surface area is 110 Å². The van der Waals surface area contributed by atoms with E-state index in [1.165, 1.54) is 24.1 Å². The van der Waals surface area contributed by atoms with Gasteiger partial charge in [-0.2, -0.15) is 0 Å². The van der Waals surface area contributed by atoms with Crippen LogP contribution in [-0.4, -0.2) is 36.5 Å². The SMILES string of the molecule is COC(=O)C1CCCN1C(=O)c1ccc(N)cc1F. The number of hydrogen-bond donors (Lipinski definition) is 1. The lowest BCUT2D eigenvalue weighted by atomic mass is 10.1. The lowest BCUT2D eigenvalue weighted by molar-refractivity contribution is -0.145. The van der Waals surface area contributed by atoms with E-state index in [4.69, 9.17) is 5.73 Å². The predicted octanol–water partition coefficient (Wildman–Crippen LogP) is 1.19. The Morgan fingerprint density at radius 2 is 2.21 bits per heavy atom. The second-order valence-corrected chi connectivity index (χ2v) is 4.42.